The molecule has 2 aliphatic rings. The number of alkyl halides is 3. The molecule has 0 atom stereocenters. The van der Waals surface area contributed by atoms with Gasteiger partial charge in [0.1, 0.15) is 23.4 Å². The molecule has 29 heavy (non-hydrogen) atoms. The molecule has 2 fully saturated rings. The molecule has 1 aromatic carbocycles. The number of hydrogen-bond donors (Lipinski definition) is 0. The highest BCUT2D eigenvalue weighted by Crippen LogP contribution is 2.53. The van der Waals surface area contributed by atoms with E-state index in [2.05, 4.69) is 21.5 Å². The van der Waals surface area contributed by atoms with Crippen molar-refractivity contribution in [1.82, 2.24) is 19.5 Å². The normalized spacial score (nSPS) is 17.4. The summed E-state index contributed by atoms with van der Waals surface area (Å²) in [5.41, 5.74) is 1.50. The summed E-state index contributed by atoms with van der Waals surface area (Å²) in [5.74, 6) is 2.28. The van der Waals surface area contributed by atoms with Crippen LogP contribution in [0.3, 0.4) is 0 Å². The van der Waals surface area contributed by atoms with Crippen molar-refractivity contribution in [2.75, 3.05) is 0 Å². The Kier molecular flexibility index (Phi) is 4.35. The highest BCUT2D eigenvalue weighted by atomic mass is 35.5. The van der Waals surface area contributed by atoms with Crippen molar-refractivity contribution < 1.29 is 13.2 Å². The van der Waals surface area contributed by atoms with E-state index in [0.29, 0.717) is 34.7 Å². The first-order valence-electron chi connectivity index (χ1n) is 9.97. The molecule has 0 radical (unpaired) electrons. The lowest BCUT2D eigenvalue weighted by atomic mass is 10.1. The smallest absolute Gasteiger partial charge is 0.309 e. The Morgan fingerprint density at radius 2 is 1.83 bits per heavy atom. The second kappa shape index (κ2) is 6.69. The fourth-order valence-electron chi connectivity index (χ4n) is 4.28. The van der Waals surface area contributed by atoms with Crippen molar-refractivity contribution >= 4 is 22.8 Å². The lowest BCUT2D eigenvalue weighted by molar-refractivity contribution is -0.137. The SMILES string of the molecule is CCc1nc2c(-c3ccc(C(F)(F)F)cc3Cl)ncnc2n1C(C1CC1)C1CC1. The quantitative estimate of drug-likeness (QED) is 0.501. The first kappa shape index (κ1) is 18.9. The molecule has 152 valence electrons. The van der Waals surface area contributed by atoms with Crippen LogP contribution in [0.25, 0.3) is 22.4 Å². The fourth-order valence-corrected chi connectivity index (χ4v) is 4.55. The van der Waals surface area contributed by atoms with E-state index in [1.165, 1.54) is 38.1 Å². The summed E-state index contributed by atoms with van der Waals surface area (Å²) in [5, 5.41) is 0.00774. The molecule has 8 heteroatoms. The van der Waals surface area contributed by atoms with Gasteiger partial charge in [0.05, 0.1) is 10.6 Å². The molecule has 0 bridgehead atoms. The third kappa shape index (κ3) is 3.29. The van der Waals surface area contributed by atoms with Crippen molar-refractivity contribution in [3.8, 4) is 11.3 Å². The molecule has 0 N–H and O–H groups in total. The van der Waals surface area contributed by atoms with Crippen molar-refractivity contribution in [2.24, 2.45) is 11.8 Å². The van der Waals surface area contributed by atoms with Crippen LogP contribution >= 0.6 is 11.6 Å². The lowest BCUT2D eigenvalue weighted by Gasteiger charge is -2.20. The third-order valence-electron chi connectivity index (χ3n) is 5.93. The Balaban J connectivity index is 1.67. The number of rotatable bonds is 5. The Labute approximate surface area is 171 Å². The van der Waals surface area contributed by atoms with Gasteiger partial charge < -0.3 is 4.57 Å². The Bertz CT molecular complexity index is 1070. The van der Waals surface area contributed by atoms with Gasteiger partial charge in [-0.2, -0.15) is 13.2 Å². The summed E-state index contributed by atoms with van der Waals surface area (Å²) in [7, 11) is 0. The van der Waals surface area contributed by atoms with Gasteiger partial charge in [-0.15, -0.1) is 0 Å². The van der Waals surface area contributed by atoms with Gasteiger partial charge in [0.25, 0.3) is 0 Å². The van der Waals surface area contributed by atoms with Gasteiger partial charge in [-0.05, 0) is 49.7 Å². The van der Waals surface area contributed by atoms with E-state index >= 15 is 0 Å². The molecule has 4 nitrogen and oxygen atoms in total. The summed E-state index contributed by atoms with van der Waals surface area (Å²) in [4.78, 5) is 13.7. The molecule has 2 heterocycles. The molecule has 0 aliphatic heterocycles. The first-order valence-corrected chi connectivity index (χ1v) is 10.3. The average Bonchev–Trinajstić information content (AvgIpc) is 3.59. The van der Waals surface area contributed by atoms with Crippen molar-refractivity contribution in [3.05, 3.63) is 40.9 Å². The number of aromatic nitrogens is 4. The summed E-state index contributed by atoms with van der Waals surface area (Å²) in [6.07, 6.45) is 2.69. The van der Waals surface area contributed by atoms with Gasteiger partial charge in [-0.1, -0.05) is 24.6 Å². The highest BCUT2D eigenvalue weighted by molar-refractivity contribution is 6.33. The molecule has 0 unspecified atom stereocenters. The first-order chi connectivity index (χ1) is 13.9. The van der Waals surface area contributed by atoms with Crippen LogP contribution in [0.2, 0.25) is 5.02 Å². The van der Waals surface area contributed by atoms with Gasteiger partial charge >= 0.3 is 6.18 Å². The van der Waals surface area contributed by atoms with Crippen LogP contribution in [-0.2, 0) is 12.6 Å². The molecule has 3 aromatic rings. The zero-order valence-electron chi connectivity index (χ0n) is 15.9. The lowest BCUT2D eigenvalue weighted by Crippen LogP contribution is -2.16. The van der Waals surface area contributed by atoms with Gasteiger partial charge in [0.15, 0.2) is 5.65 Å². The van der Waals surface area contributed by atoms with Crippen LogP contribution in [0.15, 0.2) is 24.5 Å². The van der Waals surface area contributed by atoms with Crippen LogP contribution in [0.4, 0.5) is 13.2 Å². The highest BCUT2D eigenvalue weighted by Gasteiger charge is 2.44. The predicted molar refractivity (Wildman–Crippen MR) is 105 cm³/mol. The molecule has 2 saturated carbocycles. The van der Waals surface area contributed by atoms with Gasteiger partial charge in [-0.3, -0.25) is 0 Å². The minimum Gasteiger partial charge on any atom is -0.309 e. The van der Waals surface area contributed by atoms with Crippen molar-refractivity contribution in [2.45, 2.75) is 51.2 Å². The van der Waals surface area contributed by atoms with E-state index in [1.807, 2.05) is 0 Å². The summed E-state index contributed by atoms with van der Waals surface area (Å²) in [6, 6.07) is 3.75. The Morgan fingerprint density at radius 3 is 2.38 bits per heavy atom. The molecule has 2 aromatic heterocycles. The maximum Gasteiger partial charge on any atom is 0.416 e. The predicted octanol–water partition coefficient (Wildman–Crippen LogP) is 6.09. The zero-order valence-corrected chi connectivity index (χ0v) is 16.6. The van der Waals surface area contributed by atoms with Crippen molar-refractivity contribution in [3.63, 3.8) is 0 Å². The van der Waals surface area contributed by atoms with Gasteiger partial charge in [0, 0.05) is 18.0 Å². The largest absolute Gasteiger partial charge is 0.416 e. The molecule has 2 aliphatic carbocycles. The fraction of sp³-hybridized carbons (Fsp3) is 0.476. The van der Waals surface area contributed by atoms with E-state index < -0.39 is 11.7 Å². The summed E-state index contributed by atoms with van der Waals surface area (Å²) < 4.78 is 41.3. The molecule has 0 spiro atoms. The van der Waals surface area contributed by atoms with E-state index in [1.54, 1.807) is 0 Å². The third-order valence-corrected chi connectivity index (χ3v) is 6.24. The Hall–Kier alpha value is -2.15. The average molecular weight is 421 g/mol. The minimum absolute atomic E-state index is 0.00774. The second-order valence-electron chi connectivity index (χ2n) is 8.00. The second-order valence-corrected chi connectivity index (χ2v) is 8.41. The standard InChI is InChI=1S/C21H20ClF3N4/c1-2-16-28-18-17(14-8-7-13(9-15(14)22)21(23,24)25)26-10-27-20(18)29(16)19(11-3-4-11)12-5-6-12/h7-12,19H,2-6H2,1H3. The van der Waals surface area contributed by atoms with E-state index in [4.69, 9.17) is 16.6 Å². The number of aryl methyl sites for hydroxylation is 1. The minimum atomic E-state index is -4.44. The van der Waals surface area contributed by atoms with Crippen LogP contribution in [-0.4, -0.2) is 19.5 Å². The number of fused-ring (bicyclic) bond motifs is 1. The summed E-state index contributed by atoms with van der Waals surface area (Å²) in [6.45, 7) is 2.06. The van der Waals surface area contributed by atoms with Crippen LogP contribution in [0.5, 0.6) is 0 Å². The Morgan fingerprint density at radius 1 is 1.14 bits per heavy atom. The van der Waals surface area contributed by atoms with Crippen LogP contribution in [0, 0.1) is 11.8 Å². The topological polar surface area (TPSA) is 43.6 Å². The molecular weight excluding hydrogens is 401 g/mol. The molecular formula is C21H20ClF3N4. The van der Waals surface area contributed by atoms with Gasteiger partial charge in [-0.25, -0.2) is 15.0 Å². The van der Waals surface area contributed by atoms with Gasteiger partial charge in [0.2, 0.25) is 0 Å². The van der Waals surface area contributed by atoms with Crippen molar-refractivity contribution in [1.29, 1.82) is 0 Å². The van der Waals surface area contributed by atoms with E-state index in [-0.39, 0.29) is 5.02 Å². The monoisotopic (exact) mass is 420 g/mol. The zero-order chi connectivity index (χ0) is 20.3. The maximum atomic E-state index is 13.0. The summed E-state index contributed by atoms with van der Waals surface area (Å²) >= 11 is 6.24. The molecule has 0 amide bonds. The number of benzene rings is 1. The molecule has 0 saturated heterocycles. The maximum absolute atomic E-state index is 13.0. The number of imidazole rings is 1. The van der Waals surface area contributed by atoms with Crippen LogP contribution < -0.4 is 0 Å². The number of halogens is 4. The van der Waals surface area contributed by atoms with E-state index in [9.17, 15) is 13.2 Å². The number of hydrogen-bond acceptors (Lipinski definition) is 3. The van der Waals surface area contributed by atoms with E-state index in [0.717, 1.165) is 30.0 Å². The van der Waals surface area contributed by atoms with Crippen LogP contribution in [0.1, 0.15) is 50.0 Å². The molecule has 5 rings (SSSR count). The number of nitrogens with zero attached hydrogens (tertiary/aromatic N) is 4.